The molecule has 0 spiro atoms. The molecule has 0 aromatic heterocycles. The molecule has 0 aromatic carbocycles. The highest BCUT2D eigenvalue weighted by Gasteiger charge is 2.34. The maximum absolute atomic E-state index is 11.7. The van der Waals surface area contributed by atoms with Gasteiger partial charge in [0.05, 0.1) is 5.75 Å². The Morgan fingerprint density at radius 2 is 2.44 bits per heavy atom. The number of hydrogen-bond donors (Lipinski definition) is 2. The van der Waals surface area contributed by atoms with Crippen molar-refractivity contribution in [1.82, 2.24) is 10.2 Å². The van der Waals surface area contributed by atoms with Gasteiger partial charge < -0.3 is 10.4 Å². The second kappa shape index (κ2) is 5.86. The molecule has 16 heavy (non-hydrogen) atoms. The minimum Gasteiger partial charge on any atom is -0.481 e. The molecule has 1 aliphatic heterocycles. The summed E-state index contributed by atoms with van der Waals surface area (Å²) in [5.74, 6) is -0.623. The molecule has 1 fully saturated rings. The summed E-state index contributed by atoms with van der Waals surface area (Å²) >= 11 is 6.17. The van der Waals surface area contributed by atoms with Gasteiger partial charge in [0.2, 0.25) is 0 Å². The fourth-order valence-electron chi connectivity index (χ4n) is 1.26. The van der Waals surface area contributed by atoms with Crippen molar-refractivity contribution in [3.05, 3.63) is 12.7 Å². The number of carboxylic acid groups (broad SMARTS) is 1. The molecular weight excluding hydrogens is 248 g/mol. The lowest BCUT2D eigenvalue weighted by Crippen LogP contribution is -2.32. The fourth-order valence-corrected chi connectivity index (χ4v) is 2.32. The maximum Gasteiger partial charge on any atom is 0.313 e. The van der Waals surface area contributed by atoms with Gasteiger partial charge in [0.15, 0.2) is 5.11 Å². The molecule has 0 bridgehead atoms. The summed E-state index contributed by atoms with van der Waals surface area (Å²) in [5, 5.41) is 11.7. The van der Waals surface area contributed by atoms with Crippen molar-refractivity contribution in [2.75, 3.05) is 18.1 Å². The molecule has 0 aliphatic carbocycles. The van der Waals surface area contributed by atoms with Crippen LogP contribution in [-0.4, -0.2) is 51.1 Å². The van der Waals surface area contributed by atoms with Gasteiger partial charge in [0.25, 0.3) is 5.91 Å². The van der Waals surface area contributed by atoms with E-state index in [1.54, 1.807) is 6.08 Å². The zero-order valence-electron chi connectivity index (χ0n) is 8.51. The van der Waals surface area contributed by atoms with Gasteiger partial charge >= 0.3 is 5.97 Å². The van der Waals surface area contributed by atoms with Gasteiger partial charge in [-0.25, -0.2) is 0 Å². The number of carboxylic acids is 1. The third kappa shape index (κ3) is 3.21. The van der Waals surface area contributed by atoms with Crippen LogP contribution in [0.25, 0.3) is 0 Å². The first-order valence-corrected chi connectivity index (χ1v) is 6.15. The van der Waals surface area contributed by atoms with Gasteiger partial charge in [-0.1, -0.05) is 6.08 Å². The quantitative estimate of drug-likeness (QED) is 0.520. The highest BCUT2D eigenvalue weighted by atomic mass is 32.2. The summed E-state index contributed by atoms with van der Waals surface area (Å²) in [6.45, 7) is 3.92. The predicted molar refractivity (Wildman–Crippen MR) is 66.4 cm³/mol. The molecule has 2 N–H and O–H groups in total. The zero-order chi connectivity index (χ0) is 12.1. The average molecular weight is 260 g/mol. The van der Waals surface area contributed by atoms with Crippen molar-refractivity contribution in [2.45, 2.75) is 6.04 Å². The van der Waals surface area contributed by atoms with Gasteiger partial charge in [-0.2, -0.15) is 0 Å². The number of rotatable bonds is 6. The monoisotopic (exact) mass is 260 g/mol. The maximum atomic E-state index is 11.7. The predicted octanol–water partition coefficient (Wildman–Crippen LogP) is 0.0755. The van der Waals surface area contributed by atoms with Crippen LogP contribution >= 0.6 is 24.0 Å². The van der Waals surface area contributed by atoms with E-state index in [1.807, 2.05) is 0 Å². The van der Waals surface area contributed by atoms with E-state index in [4.69, 9.17) is 17.3 Å². The molecule has 5 nitrogen and oxygen atoms in total. The highest BCUT2D eigenvalue weighted by molar-refractivity contribution is 8.00. The molecule has 0 saturated carbocycles. The summed E-state index contributed by atoms with van der Waals surface area (Å²) in [5.41, 5.74) is 0. The molecule has 1 atom stereocenters. The summed E-state index contributed by atoms with van der Waals surface area (Å²) in [6.07, 6.45) is 1.60. The minimum absolute atomic E-state index is 0.0142. The Kier molecular flexibility index (Phi) is 4.75. The van der Waals surface area contributed by atoms with E-state index in [1.165, 1.54) is 16.7 Å². The zero-order valence-corrected chi connectivity index (χ0v) is 10.1. The van der Waals surface area contributed by atoms with Crippen molar-refractivity contribution in [3.8, 4) is 0 Å². The van der Waals surface area contributed by atoms with E-state index >= 15 is 0 Å². The molecule has 1 amide bonds. The van der Waals surface area contributed by atoms with Crippen LogP contribution in [0.3, 0.4) is 0 Å². The SMILES string of the molecule is C=CCN1C(=O)C(CSCC(=O)O)NC1=S. The highest BCUT2D eigenvalue weighted by Crippen LogP contribution is 2.12. The number of nitrogens with zero attached hydrogens (tertiary/aromatic N) is 1. The number of aliphatic carboxylic acids is 1. The number of carbonyl (C=O) groups excluding carboxylic acids is 1. The molecule has 88 valence electrons. The summed E-state index contributed by atoms with van der Waals surface area (Å²) < 4.78 is 0. The largest absolute Gasteiger partial charge is 0.481 e. The van der Waals surface area contributed by atoms with Gasteiger partial charge in [-0.3, -0.25) is 14.5 Å². The number of nitrogens with one attached hydrogen (secondary N) is 1. The summed E-state index contributed by atoms with van der Waals surface area (Å²) in [4.78, 5) is 23.5. The Bertz CT molecular complexity index is 333. The lowest BCUT2D eigenvalue weighted by Gasteiger charge is -2.11. The first-order valence-electron chi connectivity index (χ1n) is 4.58. The Morgan fingerprint density at radius 3 is 3.00 bits per heavy atom. The topological polar surface area (TPSA) is 69.6 Å². The summed E-state index contributed by atoms with van der Waals surface area (Å²) in [6, 6.07) is -0.420. The Labute approximate surface area is 103 Å². The minimum atomic E-state index is -0.888. The van der Waals surface area contributed by atoms with Crippen LogP contribution in [0.5, 0.6) is 0 Å². The third-order valence-corrected chi connectivity index (χ3v) is 3.29. The van der Waals surface area contributed by atoms with Crippen LogP contribution < -0.4 is 5.32 Å². The van der Waals surface area contributed by atoms with Crippen LogP contribution in [0, 0.1) is 0 Å². The van der Waals surface area contributed by atoms with E-state index in [-0.39, 0.29) is 11.7 Å². The lowest BCUT2D eigenvalue weighted by molar-refractivity contribution is -0.134. The van der Waals surface area contributed by atoms with Crippen molar-refractivity contribution in [2.24, 2.45) is 0 Å². The van der Waals surface area contributed by atoms with Crippen molar-refractivity contribution in [1.29, 1.82) is 0 Å². The lowest BCUT2D eigenvalue weighted by atomic mass is 10.3. The van der Waals surface area contributed by atoms with Crippen LogP contribution in [0.1, 0.15) is 0 Å². The molecule has 7 heteroatoms. The van der Waals surface area contributed by atoms with Gasteiger partial charge in [0, 0.05) is 12.3 Å². The van der Waals surface area contributed by atoms with E-state index < -0.39 is 12.0 Å². The van der Waals surface area contributed by atoms with Crippen LogP contribution in [-0.2, 0) is 9.59 Å². The van der Waals surface area contributed by atoms with E-state index in [9.17, 15) is 9.59 Å². The Hall–Kier alpha value is -1.08. The van der Waals surface area contributed by atoms with E-state index in [2.05, 4.69) is 11.9 Å². The molecule has 0 radical (unpaired) electrons. The number of thiocarbonyl (C=S) groups is 1. The molecule has 1 aliphatic rings. The molecule has 1 saturated heterocycles. The van der Waals surface area contributed by atoms with E-state index in [0.717, 1.165) is 0 Å². The second-order valence-electron chi connectivity index (χ2n) is 3.15. The first kappa shape index (κ1) is 13.0. The molecule has 1 heterocycles. The van der Waals surface area contributed by atoms with Crippen LogP contribution in [0.15, 0.2) is 12.7 Å². The van der Waals surface area contributed by atoms with Gasteiger partial charge in [0.1, 0.15) is 6.04 Å². The van der Waals surface area contributed by atoms with Crippen molar-refractivity contribution >= 4 is 41.0 Å². The normalized spacial score (nSPS) is 19.8. The van der Waals surface area contributed by atoms with Gasteiger partial charge in [-0.05, 0) is 12.2 Å². The Morgan fingerprint density at radius 1 is 1.75 bits per heavy atom. The standard InChI is InChI=1S/C9H12N2O3S2/c1-2-3-11-8(14)6(10-9(11)15)4-16-5-7(12)13/h2,6H,1,3-5H2,(H,10,15)(H,12,13). The third-order valence-electron chi connectivity index (χ3n) is 1.93. The molecule has 1 rings (SSSR count). The average Bonchev–Trinajstić information content (AvgIpc) is 2.46. The molecular formula is C9H12N2O3S2. The molecule has 0 aromatic rings. The first-order chi connectivity index (χ1) is 7.56. The van der Waals surface area contributed by atoms with Crippen LogP contribution in [0.2, 0.25) is 0 Å². The summed E-state index contributed by atoms with van der Waals surface area (Å²) in [7, 11) is 0. The van der Waals surface area contributed by atoms with Crippen molar-refractivity contribution in [3.63, 3.8) is 0 Å². The number of thioether (sulfide) groups is 1. The van der Waals surface area contributed by atoms with E-state index in [0.29, 0.717) is 17.4 Å². The number of hydrogen-bond acceptors (Lipinski definition) is 4. The Balaban J connectivity index is 2.45. The van der Waals surface area contributed by atoms with Crippen LogP contribution in [0.4, 0.5) is 0 Å². The second-order valence-corrected chi connectivity index (χ2v) is 4.57. The van der Waals surface area contributed by atoms with Gasteiger partial charge in [-0.15, -0.1) is 18.3 Å². The number of amides is 1. The smallest absolute Gasteiger partial charge is 0.313 e. The fraction of sp³-hybridized carbons (Fsp3) is 0.444. The van der Waals surface area contributed by atoms with Crippen molar-refractivity contribution < 1.29 is 14.7 Å². The number of carbonyl (C=O) groups is 2. The molecule has 1 unspecified atom stereocenters.